The molecule has 2 aromatic rings. The van der Waals surface area contributed by atoms with Gasteiger partial charge in [-0.2, -0.15) is 0 Å². The number of aromatic nitrogens is 2. The first kappa shape index (κ1) is 25.5. The van der Waals surface area contributed by atoms with Gasteiger partial charge in [-0.15, -0.1) is 0 Å². The molecule has 1 aliphatic heterocycles. The molecule has 0 spiro atoms. The fraction of sp³-hybridized carbons (Fsp3) is 0.500. The van der Waals surface area contributed by atoms with Crippen molar-refractivity contribution in [3.8, 4) is 0 Å². The second kappa shape index (κ2) is 10.0. The first-order chi connectivity index (χ1) is 16.0. The van der Waals surface area contributed by atoms with Crippen LogP contribution in [0.3, 0.4) is 0 Å². The number of nitrogens with zero attached hydrogens (tertiary/aromatic N) is 3. The molecule has 0 saturated carbocycles. The molecule has 1 aliphatic rings. The van der Waals surface area contributed by atoms with Crippen molar-refractivity contribution in [2.75, 3.05) is 48.0 Å². The molecule has 2 heterocycles. The molecule has 11 nitrogen and oxygen atoms in total. The number of nitrogens with one attached hydrogen (secondary N) is 1. The van der Waals surface area contributed by atoms with Crippen molar-refractivity contribution in [3.05, 3.63) is 50.2 Å². The van der Waals surface area contributed by atoms with Crippen molar-refractivity contribution in [2.45, 2.75) is 33.2 Å². The number of hydrogen-bond donors (Lipinski definition) is 2. The third-order valence-electron chi connectivity index (χ3n) is 5.60. The van der Waals surface area contributed by atoms with E-state index in [-0.39, 0.29) is 42.7 Å². The number of anilines is 3. The van der Waals surface area contributed by atoms with Crippen molar-refractivity contribution >= 4 is 33.1 Å². The van der Waals surface area contributed by atoms with E-state index in [0.29, 0.717) is 25.1 Å². The lowest BCUT2D eigenvalue weighted by Gasteiger charge is -2.30. The Labute approximate surface area is 198 Å². The quantitative estimate of drug-likeness (QED) is 0.552. The summed E-state index contributed by atoms with van der Waals surface area (Å²) in [6, 6.07) is 4.77. The van der Waals surface area contributed by atoms with Crippen LogP contribution in [0.1, 0.15) is 36.2 Å². The van der Waals surface area contributed by atoms with E-state index in [1.54, 1.807) is 12.1 Å². The van der Waals surface area contributed by atoms with Gasteiger partial charge in [-0.1, -0.05) is 13.8 Å². The van der Waals surface area contributed by atoms with Crippen molar-refractivity contribution in [3.63, 3.8) is 0 Å². The summed E-state index contributed by atoms with van der Waals surface area (Å²) in [7, 11) is -1.98. The Hall–Kier alpha value is -3.12. The summed E-state index contributed by atoms with van der Waals surface area (Å²) in [4.78, 5) is 42.1. The molecule has 1 aromatic heterocycles. The van der Waals surface area contributed by atoms with Gasteiger partial charge in [0.25, 0.3) is 11.5 Å². The number of aryl methyl sites for hydroxylation is 1. The maximum Gasteiger partial charge on any atom is 0.330 e. The summed E-state index contributed by atoms with van der Waals surface area (Å²) in [5.74, 6) is -0.545. The molecule has 0 saturated heterocycles. The van der Waals surface area contributed by atoms with E-state index < -0.39 is 27.2 Å². The van der Waals surface area contributed by atoms with Crippen LogP contribution in [0.4, 0.5) is 17.2 Å². The average Bonchev–Trinajstić information content (AvgIpc) is 2.76. The number of aromatic amines is 1. The molecule has 0 aliphatic carbocycles. The molecule has 3 N–H and O–H groups in total. The molecule has 3 rings (SSSR count). The Morgan fingerprint density at radius 1 is 1.29 bits per heavy atom. The van der Waals surface area contributed by atoms with Crippen LogP contribution in [0, 0.1) is 5.92 Å². The van der Waals surface area contributed by atoms with E-state index in [1.807, 2.05) is 13.8 Å². The highest BCUT2D eigenvalue weighted by atomic mass is 32.2. The number of sulfonamides is 1. The smallest absolute Gasteiger partial charge is 0.330 e. The topological polar surface area (TPSA) is 148 Å². The molecule has 12 heteroatoms. The number of ether oxygens (including phenoxy) is 1. The number of hydrogen-bond acceptors (Lipinski definition) is 7. The summed E-state index contributed by atoms with van der Waals surface area (Å²) in [5.41, 5.74) is 6.22. The number of amides is 1. The van der Waals surface area contributed by atoms with Gasteiger partial charge in [0.2, 0.25) is 10.0 Å². The summed E-state index contributed by atoms with van der Waals surface area (Å²) >= 11 is 0. The van der Waals surface area contributed by atoms with Crippen LogP contribution >= 0.6 is 0 Å². The third-order valence-corrected chi connectivity index (χ3v) is 6.78. The van der Waals surface area contributed by atoms with Gasteiger partial charge in [-0.25, -0.2) is 13.2 Å². The summed E-state index contributed by atoms with van der Waals surface area (Å²) in [6.07, 6.45) is 2.38. The van der Waals surface area contributed by atoms with Crippen LogP contribution in [-0.4, -0.2) is 56.9 Å². The molecule has 186 valence electrons. The van der Waals surface area contributed by atoms with Gasteiger partial charge in [-0.05, 0) is 42.5 Å². The van der Waals surface area contributed by atoms with Crippen LogP contribution in [0.5, 0.6) is 0 Å². The molecule has 1 amide bonds. The standard InChI is InChI=1S/C22H31N5O6S/c1-14(2)13-26-19(23)18(20(28)24-22(26)30)25(10-11-33-3)21(29)16-7-8-17-15(12-16)6-5-9-27(17)34(4,31)32/h7-8,12,14H,5-6,9-11,13,23H2,1-4H3,(H,24,28,30). The minimum atomic E-state index is -3.45. The summed E-state index contributed by atoms with van der Waals surface area (Å²) < 4.78 is 32.0. The normalized spacial score (nSPS) is 13.7. The SMILES string of the molecule is COCCN(C(=O)c1ccc2c(c1)CCCN2S(C)(=O)=O)c1c(N)n(CC(C)C)c(=O)[nH]c1=O. The van der Waals surface area contributed by atoms with Gasteiger partial charge in [0.1, 0.15) is 5.82 Å². The van der Waals surface area contributed by atoms with E-state index in [0.717, 1.165) is 11.8 Å². The fourth-order valence-corrected chi connectivity index (χ4v) is 5.07. The van der Waals surface area contributed by atoms with Crippen molar-refractivity contribution in [1.82, 2.24) is 9.55 Å². The number of rotatable bonds is 8. The molecular formula is C22H31N5O6S. The Morgan fingerprint density at radius 2 is 2.00 bits per heavy atom. The molecule has 0 radical (unpaired) electrons. The molecule has 34 heavy (non-hydrogen) atoms. The van der Waals surface area contributed by atoms with Gasteiger partial charge in [-0.3, -0.25) is 28.3 Å². The summed E-state index contributed by atoms with van der Waals surface area (Å²) in [5, 5.41) is 0. The second-order valence-corrected chi connectivity index (χ2v) is 10.6. The minimum absolute atomic E-state index is 0.0229. The predicted molar refractivity (Wildman–Crippen MR) is 131 cm³/mol. The molecule has 0 unspecified atom stereocenters. The number of carbonyl (C=O) groups is 1. The van der Waals surface area contributed by atoms with Crippen molar-refractivity contribution in [1.29, 1.82) is 0 Å². The van der Waals surface area contributed by atoms with Crippen LogP contribution < -0.4 is 26.2 Å². The number of carbonyl (C=O) groups excluding carboxylic acids is 1. The van der Waals surface area contributed by atoms with Gasteiger partial charge >= 0.3 is 5.69 Å². The lowest BCUT2D eigenvalue weighted by Crippen LogP contribution is -2.43. The van der Waals surface area contributed by atoms with Gasteiger partial charge in [0, 0.05) is 32.3 Å². The zero-order valence-corrected chi connectivity index (χ0v) is 20.6. The van der Waals surface area contributed by atoms with Crippen LogP contribution in [-0.2, 0) is 27.7 Å². The summed E-state index contributed by atoms with van der Waals surface area (Å²) in [6.45, 7) is 4.59. The van der Waals surface area contributed by atoms with Crippen LogP contribution in [0.2, 0.25) is 0 Å². The van der Waals surface area contributed by atoms with Crippen LogP contribution in [0.25, 0.3) is 0 Å². The highest BCUT2D eigenvalue weighted by molar-refractivity contribution is 7.92. The zero-order valence-electron chi connectivity index (χ0n) is 19.8. The number of methoxy groups -OCH3 is 1. The lowest BCUT2D eigenvalue weighted by atomic mass is 10.00. The van der Waals surface area contributed by atoms with Crippen molar-refractivity contribution < 1.29 is 17.9 Å². The van der Waals surface area contributed by atoms with Gasteiger partial charge in [0.15, 0.2) is 5.69 Å². The van der Waals surface area contributed by atoms with E-state index in [2.05, 4.69) is 4.98 Å². The Morgan fingerprint density at radius 3 is 2.62 bits per heavy atom. The van der Waals surface area contributed by atoms with Gasteiger partial charge < -0.3 is 10.5 Å². The van der Waals surface area contributed by atoms with Gasteiger partial charge in [0.05, 0.1) is 18.6 Å². The maximum atomic E-state index is 13.6. The monoisotopic (exact) mass is 493 g/mol. The predicted octanol–water partition coefficient (Wildman–Crippen LogP) is 0.780. The number of fused-ring (bicyclic) bond motifs is 1. The Balaban J connectivity index is 2.09. The maximum absolute atomic E-state index is 13.6. The fourth-order valence-electron chi connectivity index (χ4n) is 4.08. The first-order valence-electron chi connectivity index (χ1n) is 11.0. The molecule has 0 atom stereocenters. The van der Waals surface area contributed by atoms with E-state index in [4.69, 9.17) is 10.5 Å². The minimum Gasteiger partial charge on any atom is -0.383 e. The highest BCUT2D eigenvalue weighted by Gasteiger charge is 2.28. The third kappa shape index (κ3) is 5.17. The van der Waals surface area contributed by atoms with E-state index in [9.17, 15) is 22.8 Å². The first-order valence-corrected chi connectivity index (χ1v) is 12.8. The molecule has 0 fully saturated rings. The zero-order chi connectivity index (χ0) is 25.2. The van der Waals surface area contributed by atoms with E-state index in [1.165, 1.54) is 26.9 Å². The Bertz CT molecular complexity index is 1300. The van der Waals surface area contributed by atoms with Crippen molar-refractivity contribution in [2.24, 2.45) is 5.92 Å². The number of nitrogen functional groups attached to an aromatic ring is 1. The highest BCUT2D eigenvalue weighted by Crippen LogP contribution is 2.31. The number of benzene rings is 1. The number of H-pyrrole nitrogens is 1. The largest absolute Gasteiger partial charge is 0.383 e. The molecule has 1 aromatic carbocycles. The Kier molecular flexibility index (Phi) is 7.51. The van der Waals surface area contributed by atoms with Crippen LogP contribution in [0.15, 0.2) is 27.8 Å². The number of nitrogens with two attached hydrogens (primary N) is 1. The average molecular weight is 494 g/mol. The van der Waals surface area contributed by atoms with E-state index >= 15 is 0 Å². The molecule has 0 bridgehead atoms. The molecular weight excluding hydrogens is 462 g/mol. The lowest BCUT2D eigenvalue weighted by molar-refractivity contribution is 0.0975. The second-order valence-electron chi connectivity index (χ2n) is 8.73.